The third-order valence-corrected chi connectivity index (χ3v) is 5.38. The summed E-state index contributed by atoms with van der Waals surface area (Å²) in [5.41, 5.74) is 0. The Hall–Kier alpha value is -1.08. The van der Waals surface area contributed by atoms with E-state index in [2.05, 4.69) is 11.8 Å². The molecule has 0 bridgehead atoms. The maximum Gasteiger partial charge on any atom is 0.371 e. The fourth-order valence-corrected chi connectivity index (χ4v) is 3.63. The SMILES string of the molecule is CCCCC[C@@H](O)CCN1CCC(Cl)[C@@H]1COCc1ccc(C(=O)O)o1. The minimum Gasteiger partial charge on any atom is -0.475 e. The van der Waals surface area contributed by atoms with E-state index in [0.717, 1.165) is 51.6 Å². The summed E-state index contributed by atoms with van der Waals surface area (Å²) in [6.07, 6.45) is 5.67. The van der Waals surface area contributed by atoms with E-state index in [1.54, 1.807) is 6.07 Å². The van der Waals surface area contributed by atoms with Gasteiger partial charge in [0.05, 0.1) is 18.1 Å². The van der Waals surface area contributed by atoms with Crippen molar-refractivity contribution in [3.63, 3.8) is 0 Å². The first-order valence-electron chi connectivity index (χ1n) is 9.47. The second-order valence-corrected chi connectivity index (χ2v) is 7.49. The third-order valence-electron chi connectivity index (χ3n) is 4.87. The van der Waals surface area contributed by atoms with Crippen molar-refractivity contribution < 1.29 is 24.2 Å². The van der Waals surface area contributed by atoms with Crippen LogP contribution in [0.1, 0.15) is 61.8 Å². The van der Waals surface area contributed by atoms with Gasteiger partial charge in [-0.25, -0.2) is 4.79 Å². The summed E-state index contributed by atoms with van der Waals surface area (Å²) < 4.78 is 10.9. The summed E-state index contributed by atoms with van der Waals surface area (Å²) in [5, 5.41) is 19.0. The van der Waals surface area contributed by atoms with Crippen molar-refractivity contribution in [3.05, 3.63) is 23.7 Å². The fraction of sp³-hybridized carbons (Fsp3) is 0.737. The van der Waals surface area contributed by atoms with Crippen molar-refractivity contribution in [1.82, 2.24) is 4.90 Å². The minimum atomic E-state index is -1.09. The number of hydrogen-bond donors (Lipinski definition) is 2. The number of rotatable bonds is 12. The van der Waals surface area contributed by atoms with Gasteiger partial charge in [0.1, 0.15) is 12.4 Å². The van der Waals surface area contributed by atoms with Crippen LogP contribution in [-0.4, -0.2) is 58.3 Å². The Labute approximate surface area is 160 Å². The largest absolute Gasteiger partial charge is 0.475 e. The number of nitrogens with zero attached hydrogens (tertiary/aromatic N) is 1. The van der Waals surface area contributed by atoms with Gasteiger partial charge in [-0.2, -0.15) is 0 Å². The van der Waals surface area contributed by atoms with Gasteiger partial charge in [0.2, 0.25) is 5.76 Å². The van der Waals surface area contributed by atoms with E-state index >= 15 is 0 Å². The lowest BCUT2D eigenvalue weighted by Crippen LogP contribution is -2.38. The molecule has 1 aliphatic rings. The van der Waals surface area contributed by atoms with Crippen molar-refractivity contribution in [3.8, 4) is 0 Å². The maximum absolute atomic E-state index is 10.8. The van der Waals surface area contributed by atoms with Crippen LogP contribution in [0.2, 0.25) is 0 Å². The molecule has 1 aromatic heterocycles. The van der Waals surface area contributed by atoms with E-state index in [1.807, 2.05) is 0 Å². The Morgan fingerprint density at radius 2 is 2.23 bits per heavy atom. The first-order valence-corrected chi connectivity index (χ1v) is 9.90. The van der Waals surface area contributed by atoms with Gasteiger partial charge < -0.3 is 19.4 Å². The fourth-order valence-electron chi connectivity index (χ4n) is 3.30. The highest BCUT2D eigenvalue weighted by Gasteiger charge is 2.32. The molecule has 0 amide bonds. The number of hydrogen-bond acceptors (Lipinski definition) is 5. The predicted octanol–water partition coefficient (Wildman–Crippen LogP) is 3.51. The standard InChI is InChI=1S/C19H30ClNO5/c1-2-3-4-5-14(22)8-10-21-11-9-16(20)17(21)13-25-12-15-6-7-18(26-15)19(23)24/h6-7,14,16-17,22H,2-5,8-13H2,1H3,(H,23,24)/t14-,16?,17+/m1/s1. The number of likely N-dealkylation sites (tertiary alicyclic amines) is 1. The molecule has 0 saturated carbocycles. The molecule has 7 heteroatoms. The van der Waals surface area contributed by atoms with Crippen LogP contribution in [0, 0.1) is 0 Å². The summed E-state index contributed by atoms with van der Waals surface area (Å²) in [5.74, 6) is -0.681. The molecule has 1 saturated heterocycles. The van der Waals surface area contributed by atoms with E-state index in [1.165, 1.54) is 6.07 Å². The lowest BCUT2D eigenvalue weighted by atomic mass is 10.1. The predicted molar refractivity (Wildman–Crippen MR) is 99.7 cm³/mol. The number of alkyl halides is 1. The molecule has 2 N–H and O–H groups in total. The molecular formula is C19H30ClNO5. The van der Waals surface area contributed by atoms with Crippen molar-refractivity contribution in [1.29, 1.82) is 0 Å². The summed E-state index contributed by atoms with van der Waals surface area (Å²) in [6, 6.07) is 3.14. The van der Waals surface area contributed by atoms with Crippen LogP contribution in [0.15, 0.2) is 16.5 Å². The molecular weight excluding hydrogens is 358 g/mol. The zero-order chi connectivity index (χ0) is 18.9. The Kier molecular flexibility index (Phi) is 8.91. The van der Waals surface area contributed by atoms with Crippen molar-refractivity contribution in [2.24, 2.45) is 0 Å². The van der Waals surface area contributed by atoms with E-state index in [4.69, 9.17) is 25.9 Å². The average molecular weight is 388 g/mol. The van der Waals surface area contributed by atoms with Crippen LogP contribution < -0.4 is 0 Å². The summed E-state index contributed by atoms with van der Waals surface area (Å²) in [4.78, 5) is 13.1. The molecule has 0 aromatic carbocycles. The number of aliphatic hydroxyl groups is 1. The number of ether oxygens (including phenoxy) is 1. The van der Waals surface area contributed by atoms with Crippen LogP contribution >= 0.6 is 11.6 Å². The molecule has 1 aliphatic heterocycles. The average Bonchev–Trinajstić information content (AvgIpc) is 3.21. The number of carboxylic acid groups (broad SMARTS) is 1. The summed E-state index contributed by atoms with van der Waals surface area (Å²) >= 11 is 6.43. The number of halogens is 1. The third kappa shape index (κ3) is 6.58. The number of carboxylic acids is 1. The number of aromatic carboxylic acids is 1. The summed E-state index contributed by atoms with van der Waals surface area (Å²) in [6.45, 7) is 4.57. The van der Waals surface area contributed by atoms with Crippen molar-refractivity contribution >= 4 is 17.6 Å². The maximum atomic E-state index is 10.8. The minimum absolute atomic E-state index is 0.0263. The van der Waals surface area contributed by atoms with Crippen LogP contribution in [0.4, 0.5) is 0 Å². The molecule has 1 fully saturated rings. The van der Waals surface area contributed by atoms with Crippen LogP contribution in [0.25, 0.3) is 0 Å². The zero-order valence-corrected chi connectivity index (χ0v) is 16.2. The molecule has 0 spiro atoms. The van der Waals surface area contributed by atoms with Crippen molar-refractivity contribution in [2.75, 3.05) is 19.7 Å². The number of carbonyl (C=O) groups is 1. The number of unbranched alkanes of at least 4 members (excludes halogenated alkanes) is 2. The smallest absolute Gasteiger partial charge is 0.371 e. The molecule has 6 nitrogen and oxygen atoms in total. The highest BCUT2D eigenvalue weighted by Crippen LogP contribution is 2.24. The van der Waals surface area contributed by atoms with Crippen LogP contribution in [-0.2, 0) is 11.3 Å². The second-order valence-electron chi connectivity index (χ2n) is 6.93. The van der Waals surface area contributed by atoms with Gasteiger partial charge in [0, 0.05) is 19.1 Å². The number of aliphatic hydroxyl groups excluding tert-OH is 1. The first-order chi connectivity index (χ1) is 12.5. The monoisotopic (exact) mass is 387 g/mol. The Bertz CT molecular complexity index is 550. The van der Waals surface area contributed by atoms with E-state index in [9.17, 15) is 9.90 Å². The molecule has 2 heterocycles. The quantitative estimate of drug-likeness (QED) is 0.422. The van der Waals surface area contributed by atoms with Crippen LogP contribution in [0.5, 0.6) is 0 Å². The molecule has 0 radical (unpaired) electrons. The van der Waals surface area contributed by atoms with E-state index in [0.29, 0.717) is 12.4 Å². The van der Waals surface area contributed by atoms with Gasteiger partial charge >= 0.3 is 5.97 Å². The van der Waals surface area contributed by atoms with Gasteiger partial charge in [-0.3, -0.25) is 4.90 Å². The molecule has 148 valence electrons. The van der Waals surface area contributed by atoms with Crippen LogP contribution in [0.3, 0.4) is 0 Å². The molecule has 1 aromatic rings. The van der Waals surface area contributed by atoms with E-state index in [-0.39, 0.29) is 29.9 Å². The normalized spacial score (nSPS) is 22.0. The van der Waals surface area contributed by atoms with Gasteiger partial charge in [0.25, 0.3) is 0 Å². The topological polar surface area (TPSA) is 83.1 Å². The van der Waals surface area contributed by atoms with Crippen molar-refractivity contribution in [2.45, 2.75) is 69.6 Å². The molecule has 3 atom stereocenters. The Balaban J connectivity index is 1.72. The highest BCUT2D eigenvalue weighted by atomic mass is 35.5. The molecule has 2 rings (SSSR count). The first kappa shape index (κ1) is 21.2. The van der Waals surface area contributed by atoms with E-state index < -0.39 is 5.97 Å². The zero-order valence-electron chi connectivity index (χ0n) is 15.4. The van der Waals surface area contributed by atoms with Gasteiger partial charge in [0.15, 0.2) is 0 Å². The Morgan fingerprint density at radius 1 is 1.42 bits per heavy atom. The lowest BCUT2D eigenvalue weighted by molar-refractivity contribution is 0.0495. The molecule has 1 unspecified atom stereocenters. The number of furan rings is 1. The Morgan fingerprint density at radius 3 is 2.92 bits per heavy atom. The van der Waals surface area contributed by atoms with Gasteiger partial charge in [-0.1, -0.05) is 26.2 Å². The highest BCUT2D eigenvalue weighted by molar-refractivity contribution is 6.21. The molecule has 0 aliphatic carbocycles. The van der Waals surface area contributed by atoms with Gasteiger partial charge in [-0.15, -0.1) is 11.6 Å². The lowest BCUT2D eigenvalue weighted by Gasteiger charge is -2.26. The second kappa shape index (κ2) is 10.9. The van der Waals surface area contributed by atoms with Gasteiger partial charge in [-0.05, 0) is 31.4 Å². The molecule has 26 heavy (non-hydrogen) atoms. The summed E-state index contributed by atoms with van der Waals surface area (Å²) in [7, 11) is 0.